The largest absolute Gasteiger partial charge is 0.492 e. The molecule has 0 saturated heterocycles. The van der Waals surface area contributed by atoms with E-state index in [1.165, 1.54) is 6.33 Å². The molecule has 0 unspecified atom stereocenters. The number of ether oxygens (including phenoxy) is 1. The van der Waals surface area contributed by atoms with E-state index in [4.69, 9.17) is 21.0 Å². The Kier molecular flexibility index (Phi) is 3.73. The topological polar surface area (TPSA) is 126 Å². The van der Waals surface area contributed by atoms with Crippen molar-refractivity contribution >= 4 is 17.0 Å². The van der Waals surface area contributed by atoms with E-state index in [1.807, 2.05) is 16.7 Å². The molecule has 112 valence electrons. The van der Waals surface area contributed by atoms with Crippen LogP contribution in [0.25, 0.3) is 11.2 Å². The fourth-order valence-corrected chi connectivity index (χ4v) is 2.13. The van der Waals surface area contributed by atoms with Crippen molar-refractivity contribution in [3.63, 3.8) is 0 Å². The minimum absolute atomic E-state index is 0.290. The fraction of sp³-hybridized carbons (Fsp3) is 0.133. The second-order valence-electron chi connectivity index (χ2n) is 4.65. The van der Waals surface area contributed by atoms with E-state index in [9.17, 15) is 0 Å². The Morgan fingerprint density at radius 1 is 1.13 bits per heavy atom. The summed E-state index contributed by atoms with van der Waals surface area (Å²) in [6, 6.07) is 8.70. The summed E-state index contributed by atoms with van der Waals surface area (Å²) >= 11 is 0. The van der Waals surface area contributed by atoms with Gasteiger partial charge in [0.1, 0.15) is 36.3 Å². The van der Waals surface area contributed by atoms with E-state index in [1.54, 1.807) is 24.5 Å². The van der Waals surface area contributed by atoms with Crippen molar-refractivity contribution in [2.75, 3.05) is 12.3 Å². The van der Waals surface area contributed by atoms with Gasteiger partial charge in [-0.2, -0.15) is 10.5 Å². The Labute approximate surface area is 131 Å². The predicted octanol–water partition coefficient (Wildman–Crippen LogP) is 1.23. The van der Waals surface area contributed by atoms with Gasteiger partial charge < -0.3 is 15.0 Å². The molecule has 1 aromatic carbocycles. The lowest BCUT2D eigenvalue weighted by Gasteiger charge is -2.08. The van der Waals surface area contributed by atoms with Crippen LogP contribution in [0.2, 0.25) is 0 Å². The highest BCUT2D eigenvalue weighted by Gasteiger charge is 2.08. The third-order valence-corrected chi connectivity index (χ3v) is 3.26. The van der Waals surface area contributed by atoms with Gasteiger partial charge in [-0.25, -0.2) is 15.0 Å². The molecule has 0 saturated carbocycles. The summed E-state index contributed by atoms with van der Waals surface area (Å²) in [5.41, 5.74) is 7.54. The number of fused-ring (bicyclic) bond motifs is 1. The van der Waals surface area contributed by atoms with Crippen LogP contribution in [0.3, 0.4) is 0 Å². The van der Waals surface area contributed by atoms with E-state index >= 15 is 0 Å². The average Bonchev–Trinajstić information content (AvgIpc) is 2.99. The van der Waals surface area contributed by atoms with Crippen LogP contribution in [0.5, 0.6) is 5.75 Å². The highest BCUT2D eigenvalue weighted by atomic mass is 16.5. The van der Waals surface area contributed by atoms with Crippen LogP contribution in [-0.2, 0) is 6.54 Å². The Balaban J connectivity index is 1.71. The molecule has 23 heavy (non-hydrogen) atoms. The number of hydrogen-bond donors (Lipinski definition) is 1. The summed E-state index contributed by atoms with van der Waals surface area (Å²) in [5, 5.41) is 17.9. The molecule has 3 rings (SSSR count). The summed E-state index contributed by atoms with van der Waals surface area (Å²) in [6.45, 7) is 0.862. The van der Waals surface area contributed by atoms with Gasteiger partial charge in [0, 0.05) is 0 Å². The lowest BCUT2D eigenvalue weighted by Crippen LogP contribution is -2.08. The molecule has 2 aromatic heterocycles. The molecule has 0 aliphatic heterocycles. The normalized spacial score (nSPS) is 10.2. The van der Waals surface area contributed by atoms with Crippen LogP contribution in [-0.4, -0.2) is 26.1 Å². The summed E-state index contributed by atoms with van der Waals surface area (Å²) < 4.78 is 7.42. The Hall–Kier alpha value is -3.65. The fourth-order valence-electron chi connectivity index (χ4n) is 2.13. The quantitative estimate of drug-likeness (QED) is 0.768. The maximum absolute atomic E-state index is 9.00. The minimum atomic E-state index is 0.290. The number of rotatable bonds is 4. The molecule has 0 spiro atoms. The van der Waals surface area contributed by atoms with Gasteiger partial charge >= 0.3 is 0 Å². The average molecular weight is 305 g/mol. The van der Waals surface area contributed by atoms with Gasteiger partial charge in [0.25, 0.3) is 0 Å². The Morgan fingerprint density at radius 3 is 2.74 bits per heavy atom. The van der Waals surface area contributed by atoms with E-state index in [0.29, 0.717) is 47.0 Å². The van der Waals surface area contributed by atoms with Crippen molar-refractivity contribution in [3.05, 3.63) is 42.0 Å². The molecule has 0 atom stereocenters. The molecule has 2 N–H and O–H groups in total. The smallest absolute Gasteiger partial charge is 0.165 e. The van der Waals surface area contributed by atoms with Crippen molar-refractivity contribution in [2.45, 2.75) is 6.54 Å². The first-order valence-electron chi connectivity index (χ1n) is 6.71. The van der Waals surface area contributed by atoms with E-state index < -0.39 is 0 Å². The molecule has 8 heteroatoms. The standard InChI is InChI=1S/C15H11N7O/c16-6-10-1-2-12(5-11(10)7-17)23-4-3-22-9-21-13-14(18)19-8-20-15(13)22/h1-2,5,8-9H,3-4H2,(H2,18,19,20). The molecular weight excluding hydrogens is 294 g/mol. The lowest BCUT2D eigenvalue weighted by molar-refractivity contribution is 0.299. The van der Waals surface area contributed by atoms with Crippen molar-refractivity contribution in [1.82, 2.24) is 19.5 Å². The number of nitriles is 2. The molecule has 0 radical (unpaired) electrons. The molecule has 2 heterocycles. The number of nitrogens with two attached hydrogens (primary N) is 1. The summed E-state index contributed by atoms with van der Waals surface area (Å²) in [7, 11) is 0. The van der Waals surface area contributed by atoms with Crippen LogP contribution in [0.1, 0.15) is 11.1 Å². The first-order chi connectivity index (χ1) is 11.2. The summed E-state index contributed by atoms with van der Waals surface area (Å²) in [4.78, 5) is 12.2. The zero-order valence-electron chi connectivity index (χ0n) is 12.0. The second kappa shape index (κ2) is 6.00. The van der Waals surface area contributed by atoms with Crippen molar-refractivity contribution in [3.8, 4) is 17.9 Å². The van der Waals surface area contributed by atoms with Crippen molar-refractivity contribution in [1.29, 1.82) is 10.5 Å². The highest BCUT2D eigenvalue weighted by Crippen LogP contribution is 2.17. The van der Waals surface area contributed by atoms with Gasteiger partial charge in [-0.3, -0.25) is 0 Å². The predicted molar refractivity (Wildman–Crippen MR) is 81.1 cm³/mol. The SMILES string of the molecule is N#Cc1ccc(OCCn2cnc3c(N)ncnc32)cc1C#N. The molecule has 8 nitrogen and oxygen atoms in total. The number of nitrogen functional groups attached to an aromatic ring is 1. The molecule has 0 fully saturated rings. The van der Waals surface area contributed by atoms with Gasteiger partial charge in [0.2, 0.25) is 0 Å². The maximum atomic E-state index is 9.00. The molecule has 3 aromatic rings. The maximum Gasteiger partial charge on any atom is 0.165 e. The first kappa shape index (κ1) is 14.3. The van der Waals surface area contributed by atoms with Crippen LogP contribution in [0.15, 0.2) is 30.9 Å². The van der Waals surface area contributed by atoms with Crippen LogP contribution in [0.4, 0.5) is 5.82 Å². The van der Waals surface area contributed by atoms with E-state index in [2.05, 4.69) is 15.0 Å². The monoisotopic (exact) mass is 305 g/mol. The van der Waals surface area contributed by atoms with Gasteiger partial charge in [0.15, 0.2) is 11.5 Å². The van der Waals surface area contributed by atoms with Crippen LogP contribution >= 0.6 is 0 Å². The van der Waals surface area contributed by atoms with Crippen LogP contribution in [0, 0.1) is 22.7 Å². The number of nitrogens with zero attached hydrogens (tertiary/aromatic N) is 6. The van der Waals surface area contributed by atoms with Crippen molar-refractivity contribution < 1.29 is 4.74 Å². The number of imidazole rings is 1. The first-order valence-corrected chi connectivity index (χ1v) is 6.71. The Morgan fingerprint density at radius 2 is 1.96 bits per heavy atom. The molecule has 0 aliphatic carbocycles. The number of hydrogen-bond acceptors (Lipinski definition) is 7. The minimum Gasteiger partial charge on any atom is -0.492 e. The van der Waals surface area contributed by atoms with Gasteiger partial charge in [-0.05, 0) is 18.2 Å². The van der Waals surface area contributed by atoms with E-state index in [-0.39, 0.29) is 0 Å². The van der Waals surface area contributed by atoms with E-state index in [0.717, 1.165) is 0 Å². The van der Waals surface area contributed by atoms with Gasteiger partial charge in [-0.15, -0.1) is 0 Å². The van der Waals surface area contributed by atoms with Crippen molar-refractivity contribution in [2.24, 2.45) is 0 Å². The number of anilines is 1. The third kappa shape index (κ3) is 2.74. The molecule has 0 bridgehead atoms. The Bertz CT molecular complexity index is 949. The zero-order chi connectivity index (χ0) is 16.2. The van der Waals surface area contributed by atoms with Gasteiger partial charge in [-0.1, -0.05) is 0 Å². The number of aromatic nitrogens is 4. The summed E-state index contributed by atoms with van der Waals surface area (Å²) in [5.74, 6) is 0.861. The summed E-state index contributed by atoms with van der Waals surface area (Å²) in [6.07, 6.45) is 3.01. The molecule has 0 amide bonds. The number of benzene rings is 1. The molecular formula is C15H11N7O. The lowest BCUT2D eigenvalue weighted by atomic mass is 10.1. The van der Waals surface area contributed by atoms with Crippen LogP contribution < -0.4 is 10.5 Å². The third-order valence-electron chi connectivity index (χ3n) is 3.26. The molecule has 0 aliphatic rings. The van der Waals surface area contributed by atoms with Gasteiger partial charge in [0.05, 0.1) is 24.0 Å². The zero-order valence-corrected chi connectivity index (χ0v) is 12.0. The highest BCUT2D eigenvalue weighted by molar-refractivity contribution is 5.81. The second-order valence-corrected chi connectivity index (χ2v) is 4.65.